The van der Waals surface area contributed by atoms with Crippen molar-refractivity contribution >= 4 is 0 Å². The van der Waals surface area contributed by atoms with Gasteiger partial charge in [0.25, 0.3) is 0 Å². The van der Waals surface area contributed by atoms with Gasteiger partial charge in [0, 0.05) is 36.7 Å². The molecule has 0 aliphatic carbocycles. The van der Waals surface area contributed by atoms with Gasteiger partial charge < -0.3 is 15.2 Å². The zero-order valence-corrected chi connectivity index (χ0v) is 13.1. The minimum absolute atomic E-state index is 0.270. The van der Waals surface area contributed by atoms with Gasteiger partial charge >= 0.3 is 0 Å². The van der Waals surface area contributed by atoms with E-state index in [1.807, 2.05) is 0 Å². The minimum atomic E-state index is 0.270. The van der Waals surface area contributed by atoms with Crippen LogP contribution in [-0.2, 0) is 13.0 Å². The number of benzene rings is 1. The number of hydrogen-bond acceptors (Lipinski definition) is 4. The molecular formula is C17H26N2O2. The Bertz CT molecular complexity index is 504. The van der Waals surface area contributed by atoms with Crippen LogP contribution in [0.5, 0.6) is 11.5 Å². The van der Waals surface area contributed by atoms with E-state index >= 15 is 0 Å². The quantitative estimate of drug-likeness (QED) is 0.924. The van der Waals surface area contributed by atoms with E-state index in [1.165, 1.54) is 30.4 Å². The zero-order valence-electron chi connectivity index (χ0n) is 13.1. The summed E-state index contributed by atoms with van der Waals surface area (Å²) in [7, 11) is 1.75. The van der Waals surface area contributed by atoms with Gasteiger partial charge in [-0.15, -0.1) is 0 Å². The minimum Gasteiger partial charge on any atom is -0.496 e. The number of likely N-dealkylation sites (tertiary alicyclic amines) is 1. The Labute approximate surface area is 127 Å². The molecule has 0 spiro atoms. The zero-order chi connectivity index (χ0) is 14.8. The van der Waals surface area contributed by atoms with Gasteiger partial charge in [0.05, 0.1) is 7.11 Å². The number of fused-ring (bicyclic) bond motifs is 1. The van der Waals surface area contributed by atoms with Crippen LogP contribution in [-0.4, -0.2) is 37.2 Å². The summed E-state index contributed by atoms with van der Waals surface area (Å²) in [5, 5.41) is 0. The molecule has 116 valence electrons. The van der Waals surface area contributed by atoms with Crippen molar-refractivity contribution in [2.75, 3.05) is 20.2 Å². The number of hydrogen-bond donors (Lipinski definition) is 1. The molecule has 1 saturated heterocycles. The predicted molar refractivity (Wildman–Crippen MR) is 83.9 cm³/mol. The monoisotopic (exact) mass is 290 g/mol. The van der Waals surface area contributed by atoms with Gasteiger partial charge in [0.2, 0.25) is 0 Å². The molecule has 0 amide bonds. The molecule has 2 N–H and O–H groups in total. The molecule has 0 aromatic heterocycles. The van der Waals surface area contributed by atoms with Crippen LogP contribution in [0.1, 0.15) is 37.3 Å². The Morgan fingerprint density at radius 1 is 1.38 bits per heavy atom. The number of rotatable bonds is 4. The molecule has 0 saturated carbocycles. The Morgan fingerprint density at radius 2 is 2.24 bits per heavy atom. The van der Waals surface area contributed by atoms with Crippen molar-refractivity contribution in [3.8, 4) is 11.5 Å². The Morgan fingerprint density at radius 3 is 3.00 bits per heavy atom. The Hall–Kier alpha value is -1.26. The van der Waals surface area contributed by atoms with E-state index in [2.05, 4.69) is 24.0 Å². The third-order valence-electron chi connectivity index (χ3n) is 4.69. The van der Waals surface area contributed by atoms with Gasteiger partial charge in [-0.05, 0) is 38.4 Å². The van der Waals surface area contributed by atoms with Crippen molar-refractivity contribution in [1.82, 2.24) is 4.90 Å². The highest BCUT2D eigenvalue weighted by Crippen LogP contribution is 2.36. The molecule has 2 aliphatic heterocycles. The lowest BCUT2D eigenvalue weighted by atomic mass is 10.00. The van der Waals surface area contributed by atoms with Gasteiger partial charge in [-0.2, -0.15) is 0 Å². The summed E-state index contributed by atoms with van der Waals surface area (Å²) in [5.41, 5.74) is 8.40. The van der Waals surface area contributed by atoms with Crippen LogP contribution >= 0.6 is 0 Å². The van der Waals surface area contributed by atoms with Crippen LogP contribution < -0.4 is 15.2 Å². The lowest BCUT2D eigenvalue weighted by Crippen LogP contribution is -2.43. The van der Waals surface area contributed by atoms with E-state index in [4.69, 9.17) is 15.2 Å². The molecule has 1 aromatic rings. The van der Waals surface area contributed by atoms with Crippen LogP contribution in [0.3, 0.4) is 0 Å². The molecule has 1 fully saturated rings. The summed E-state index contributed by atoms with van der Waals surface area (Å²) in [5.74, 6) is 2.01. The molecule has 3 rings (SSSR count). The predicted octanol–water partition coefficient (Wildman–Crippen LogP) is 2.33. The fourth-order valence-electron chi connectivity index (χ4n) is 3.55. The summed E-state index contributed by atoms with van der Waals surface area (Å²) in [4.78, 5) is 2.49. The summed E-state index contributed by atoms with van der Waals surface area (Å²) >= 11 is 0. The second-order valence-electron chi connectivity index (χ2n) is 6.26. The van der Waals surface area contributed by atoms with Crippen molar-refractivity contribution < 1.29 is 9.47 Å². The summed E-state index contributed by atoms with van der Waals surface area (Å²) in [6.07, 6.45) is 5.00. The third-order valence-corrected chi connectivity index (χ3v) is 4.69. The van der Waals surface area contributed by atoms with Gasteiger partial charge in [-0.3, -0.25) is 4.90 Å². The van der Waals surface area contributed by atoms with Gasteiger partial charge in [0.15, 0.2) is 0 Å². The van der Waals surface area contributed by atoms with Crippen LogP contribution in [0.4, 0.5) is 0 Å². The second kappa shape index (κ2) is 6.24. The first kappa shape index (κ1) is 14.7. The average molecular weight is 290 g/mol. The smallest absolute Gasteiger partial charge is 0.123 e. The van der Waals surface area contributed by atoms with E-state index in [-0.39, 0.29) is 6.10 Å². The van der Waals surface area contributed by atoms with Crippen molar-refractivity contribution in [3.63, 3.8) is 0 Å². The molecule has 4 heteroatoms. The topological polar surface area (TPSA) is 47.7 Å². The average Bonchev–Trinajstić information content (AvgIpc) is 2.86. The molecule has 2 heterocycles. The molecule has 2 aliphatic rings. The lowest BCUT2D eigenvalue weighted by Gasteiger charge is -2.35. The SMILES string of the molecule is COc1cc2c(cc1CN1CCCCC1CN)OC(C)C2. The van der Waals surface area contributed by atoms with E-state index in [1.54, 1.807) is 7.11 Å². The summed E-state index contributed by atoms with van der Waals surface area (Å²) < 4.78 is 11.5. The lowest BCUT2D eigenvalue weighted by molar-refractivity contribution is 0.143. The molecule has 0 radical (unpaired) electrons. The summed E-state index contributed by atoms with van der Waals surface area (Å²) in [6, 6.07) is 4.81. The van der Waals surface area contributed by atoms with E-state index in [0.717, 1.165) is 37.6 Å². The van der Waals surface area contributed by atoms with Crippen molar-refractivity contribution in [2.45, 2.75) is 51.3 Å². The molecule has 1 aromatic carbocycles. The molecular weight excluding hydrogens is 264 g/mol. The molecule has 21 heavy (non-hydrogen) atoms. The second-order valence-corrected chi connectivity index (χ2v) is 6.26. The number of nitrogens with two attached hydrogens (primary N) is 1. The largest absolute Gasteiger partial charge is 0.496 e. The fraction of sp³-hybridized carbons (Fsp3) is 0.647. The van der Waals surface area contributed by atoms with E-state index < -0.39 is 0 Å². The van der Waals surface area contributed by atoms with E-state index in [0.29, 0.717) is 6.04 Å². The number of ether oxygens (including phenoxy) is 2. The number of piperidine rings is 1. The molecule has 0 bridgehead atoms. The highest BCUT2D eigenvalue weighted by molar-refractivity contribution is 5.48. The number of methoxy groups -OCH3 is 1. The molecule has 4 nitrogen and oxygen atoms in total. The Kier molecular flexibility index (Phi) is 4.36. The third kappa shape index (κ3) is 3.01. The van der Waals surface area contributed by atoms with E-state index in [9.17, 15) is 0 Å². The maximum atomic E-state index is 5.93. The number of nitrogens with zero attached hydrogens (tertiary/aromatic N) is 1. The highest BCUT2D eigenvalue weighted by Gasteiger charge is 2.25. The van der Waals surface area contributed by atoms with Gasteiger partial charge in [-0.25, -0.2) is 0 Å². The van der Waals surface area contributed by atoms with Crippen molar-refractivity contribution in [2.24, 2.45) is 5.73 Å². The van der Waals surface area contributed by atoms with Crippen molar-refractivity contribution in [1.29, 1.82) is 0 Å². The maximum absolute atomic E-state index is 5.93. The normalized spacial score (nSPS) is 25.5. The first-order valence-corrected chi connectivity index (χ1v) is 8.02. The standard InChI is InChI=1S/C17H26N2O2/c1-12-7-13-8-16(20-2)14(9-17(13)21-12)11-19-6-4-3-5-15(19)10-18/h8-9,12,15H,3-7,10-11,18H2,1-2H3. The van der Waals surface area contributed by atoms with Crippen LogP contribution in [0, 0.1) is 0 Å². The van der Waals surface area contributed by atoms with Crippen LogP contribution in [0.15, 0.2) is 12.1 Å². The first-order chi connectivity index (χ1) is 10.2. The van der Waals surface area contributed by atoms with Crippen LogP contribution in [0.2, 0.25) is 0 Å². The fourth-order valence-corrected chi connectivity index (χ4v) is 3.55. The Balaban J connectivity index is 1.82. The molecule has 2 unspecified atom stereocenters. The van der Waals surface area contributed by atoms with Gasteiger partial charge in [0.1, 0.15) is 17.6 Å². The highest BCUT2D eigenvalue weighted by atomic mass is 16.5. The first-order valence-electron chi connectivity index (χ1n) is 8.02. The van der Waals surface area contributed by atoms with Crippen molar-refractivity contribution in [3.05, 3.63) is 23.3 Å². The maximum Gasteiger partial charge on any atom is 0.123 e. The summed E-state index contributed by atoms with van der Waals surface area (Å²) in [6.45, 7) is 4.87. The van der Waals surface area contributed by atoms with Crippen LogP contribution in [0.25, 0.3) is 0 Å². The van der Waals surface area contributed by atoms with Gasteiger partial charge in [-0.1, -0.05) is 6.42 Å². The molecule has 2 atom stereocenters.